The molecule has 7 nitrogen and oxygen atoms in total. The molecule has 2 aromatic heterocycles. The van der Waals surface area contributed by atoms with Gasteiger partial charge < -0.3 is 14.6 Å². The fourth-order valence-corrected chi connectivity index (χ4v) is 6.42. The number of thiazole rings is 1. The lowest BCUT2D eigenvalue weighted by molar-refractivity contribution is 0.0730. The number of benzene rings is 2. The maximum atomic E-state index is 13.2. The van der Waals surface area contributed by atoms with Gasteiger partial charge in [0.1, 0.15) is 0 Å². The molecule has 0 atom stereocenters. The first kappa shape index (κ1) is 22.8. The largest absolute Gasteiger partial charge is 0.379 e. The van der Waals surface area contributed by atoms with Crippen LogP contribution in [0.1, 0.15) is 11.4 Å². The third-order valence-electron chi connectivity index (χ3n) is 5.92. The van der Waals surface area contributed by atoms with Crippen LogP contribution >= 0.6 is 11.3 Å². The van der Waals surface area contributed by atoms with Crippen LogP contribution < -0.4 is 5.32 Å². The molecule has 1 fully saturated rings. The summed E-state index contributed by atoms with van der Waals surface area (Å²) in [7, 11) is -3.57. The molecule has 0 spiro atoms. The van der Waals surface area contributed by atoms with E-state index >= 15 is 0 Å². The number of rotatable bonds is 6. The van der Waals surface area contributed by atoms with Crippen molar-refractivity contribution < 1.29 is 13.2 Å². The molecule has 176 valence electrons. The van der Waals surface area contributed by atoms with Gasteiger partial charge in [0.05, 0.1) is 23.8 Å². The summed E-state index contributed by atoms with van der Waals surface area (Å²) in [5, 5.41) is 6.20. The number of para-hydroxylation sites is 1. The van der Waals surface area contributed by atoms with Crippen molar-refractivity contribution in [1.82, 2.24) is 13.9 Å². The number of nitrogens with zero attached hydrogens (tertiary/aromatic N) is 3. The van der Waals surface area contributed by atoms with Crippen LogP contribution in [0.25, 0.3) is 16.9 Å². The first-order chi connectivity index (χ1) is 16.4. The normalized spacial score (nSPS) is 14.9. The number of hydrogen-bond donors (Lipinski definition) is 1. The minimum atomic E-state index is -3.57. The number of morpholine rings is 1. The van der Waals surface area contributed by atoms with Gasteiger partial charge in [0.25, 0.3) is 0 Å². The second kappa shape index (κ2) is 9.34. The highest BCUT2D eigenvalue weighted by Gasteiger charge is 2.27. The van der Waals surface area contributed by atoms with Crippen molar-refractivity contribution in [3.63, 3.8) is 0 Å². The van der Waals surface area contributed by atoms with Crippen LogP contribution in [0.4, 0.5) is 10.8 Å². The van der Waals surface area contributed by atoms with Gasteiger partial charge in [0, 0.05) is 46.8 Å². The van der Waals surface area contributed by atoms with E-state index in [1.54, 1.807) is 29.5 Å². The maximum Gasteiger partial charge on any atom is 0.243 e. The number of sulfonamides is 1. The van der Waals surface area contributed by atoms with Gasteiger partial charge >= 0.3 is 0 Å². The number of ether oxygens (including phenoxy) is 1. The standard InChI is InChI=1S/C25H26N4O3S2/c1-18-15-23(24-17-33-25(27-24)26-20-7-4-3-5-8-20)19(2)29(18)21-9-6-10-22(16-21)34(30,31)28-11-13-32-14-12-28/h3-10,15-17H,11-14H2,1-2H3,(H,26,27). The Morgan fingerprint density at radius 3 is 2.53 bits per heavy atom. The quantitative estimate of drug-likeness (QED) is 0.409. The van der Waals surface area contributed by atoms with Crippen LogP contribution in [0.5, 0.6) is 0 Å². The Labute approximate surface area is 203 Å². The summed E-state index contributed by atoms with van der Waals surface area (Å²) in [6.07, 6.45) is 0. The minimum Gasteiger partial charge on any atom is -0.379 e. The third-order valence-corrected chi connectivity index (χ3v) is 8.57. The van der Waals surface area contributed by atoms with Crippen LogP contribution in [-0.2, 0) is 14.8 Å². The molecule has 1 N–H and O–H groups in total. The van der Waals surface area contributed by atoms with E-state index in [2.05, 4.69) is 16.0 Å². The fraction of sp³-hybridized carbons (Fsp3) is 0.240. The minimum absolute atomic E-state index is 0.295. The van der Waals surface area contributed by atoms with E-state index < -0.39 is 10.0 Å². The molecule has 3 heterocycles. The molecule has 0 radical (unpaired) electrons. The highest BCUT2D eigenvalue weighted by molar-refractivity contribution is 7.89. The third kappa shape index (κ3) is 4.39. The van der Waals surface area contributed by atoms with E-state index in [1.165, 1.54) is 4.31 Å². The molecule has 4 aromatic rings. The van der Waals surface area contributed by atoms with Crippen LogP contribution in [0.2, 0.25) is 0 Å². The van der Waals surface area contributed by atoms with Crippen molar-refractivity contribution in [3.8, 4) is 16.9 Å². The van der Waals surface area contributed by atoms with Crippen molar-refractivity contribution in [3.05, 3.63) is 77.4 Å². The number of hydrogen-bond acceptors (Lipinski definition) is 6. The molecule has 1 saturated heterocycles. The van der Waals surface area contributed by atoms with Gasteiger partial charge in [0.15, 0.2) is 5.13 Å². The zero-order valence-electron chi connectivity index (χ0n) is 19.1. The molecular formula is C25H26N4O3S2. The molecule has 1 aliphatic heterocycles. The first-order valence-corrected chi connectivity index (χ1v) is 13.4. The van der Waals surface area contributed by atoms with Gasteiger partial charge in [-0.15, -0.1) is 11.3 Å². The molecule has 9 heteroatoms. The van der Waals surface area contributed by atoms with E-state index in [4.69, 9.17) is 9.72 Å². The summed E-state index contributed by atoms with van der Waals surface area (Å²) in [5.41, 5.74) is 5.74. The second-order valence-electron chi connectivity index (χ2n) is 8.16. The second-order valence-corrected chi connectivity index (χ2v) is 11.0. The maximum absolute atomic E-state index is 13.2. The molecule has 0 unspecified atom stereocenters. The predicted molar refractivity (Wildman–Crippen MR) is 136 cm³/mol. The fourth-order valence-electron chi connectivity index (χ4n) is 4.24. The SMILES string of the molecule is Cc1cc(-c2csc(Nc3ccccc3)n2)c(C)n1-c1cccc(S(=O)(=O)N2CCOCC2)c1. The molecular weight excluding hydrogens is 468 g/mol. The van der Waals surface area contributed by atoms with Gasteiger partial charge in [0.2, 0.25) is 10.0 Å². The average Bonchev–Trinajstić information content (AvgIpc) is 3.43. The van der Waals surface area contributed by atoms with Crippen molar-refractivity contribution in [2.24, 2.45) is 0 Å². The number of nitrogens with one attached hydrogen (secondary N) is 1. The molecule has 1 aliphatic rings. The molecule has 34 heavy (non-hydrogen) atoms. The Hall–Kier alpha value is -2.98. The zero-order valence-corrected chi connectivity index (χ0v) is 20.7. The lowest BCUT2D eigenvalue weighted by atomic mass is 10.2. The lowest BCUT2D eigenvalue weighted by Gasteiger charge is -2.26. The molecule has 5 rings (SSSR count). The zero-order chi connectivity index (χ0) is 23.7. The summed E-state index contributed by atoms with van der Waals surface area (Å²) in [6, 6.07) is 19.2. The molecule has 0 saturated carbocycles. The highest BCUT2D eigenvalue weighted by Crippen LogP contribution is 2.33. The number of aromatic nitrogens is 2. The van der Waals surface area contributed by atoms with Gasteiger partial charge in [-0.2, -0.15) is 4.31 Å². The summed E-state index contributed by atoms with van der Waals surface area (Å²) in [6.45, 7) is 5.66. The summed E-state index contributed by atoms with van der Waals surface area (Å²) >= 11 is 1.55. The smallest absolute Gasteiger partial charge is 0.243 e. The van der Waals surface area contributed by atoms with Gasteiger partial charge in [-0.3, -0.25) is 0 Å². The van der Waals surface area contributed by atoms with Crippen molar-refractivity contribution in [2.75, 3.05) is 31.6 Å². The van der Waals surface area contributed by atoms with Crippen molar-refractivity contribution >= 4 is 32.2 Å². The van der Waals surface area contributed by atoms with E-state index in [1.807, 2.05) is 55.6 Å². The average molecular weight is 495 g/mol. The van der Waals surface area contributed by atoms with E-state index in [-0.39, 0.29) is 0 Å². The van der Waals surface area contributed by atoms with Crippen LogP contribution in [0.3, 0.4) is 0 Å². The molecule has 2 aromatic carbocycles. The van der Waals surface area contributed by atoms with E-state index in [9.17, 15) is 8.42 Å². The Balaban J connectivity index is 1.46. The monoisotopic (exact) mass is 494 g/mol. The topological polar surface area (TPSA) is 76.5 Å². The van der Waals surface area contributed by atoms with Gasteiger partial charge in [-0.05, 0) is 50.2 Å². The lowest BCUT2D eigenvalue weighted by Crippen LogP contribution is -2.40. The van der Waals surface area contributed by atoms with Crippen LogP contribution in [0, 0.1) is 13.8 Å². The van der Waals surface area contributed by atoms with E-state index in [0.717, 1.165) is 39.2 Å². The van der Waals surface area contributed by atoms with Crippen molar-refractivity contribution in [2.45, 2.75) is 18.7 Å². The molecule has 0 bridgehead atoms. The predicted octanol–water partition coefficient (Wildman–Crippen LogP) is 4.98. The molecule has 0 amide bonds. The van der Waals surface area contributed by atoms with Gasteiger partial charge in [-0.25, -0.2) is 13.4 Å². The summed E-state index contributed by atoms with van der Waals surface area (Å²) in [4.78, 5) is 5.08. The van der Waals surface area contributed by atoms with Crippen LogP contribution in [-0.4, -0.2) is 48.6 Å². The van der Waals surface area contributed by atoms with Crippen LogP contribution in [0.15, 0.2) is 70.9 Å². The number of anilines is 2. The Morgan fingerprint density at radius 1 is 1.00 bits per heavy atom. The van der Waals surface area contributed by atoms with Crippen molar-refractivity contribution in [1.29, 1.82) is 0 Å². The van der Waals surface area contributed by atoms with E-state index in [0.29, 0.717) is 31.2 Å². The van der Waals surface area contributed by atoms with Gasteiger partial charge in [-0.1, -0.05) is 24.3 Å². The first-order valence-electron chi connectivity index (χ1n) is 11.1. The molecule has 0 aliphatic carbocycles. The Bertz CT molecular complexity index is 1410. The summed E-state index contributed by atoms with van der Waals surface area (Å²) in [5.74, 6) is 0. The Kier molecular flexibility index (Phi) is 6.26. The Morgan fingerprint density at radius 2 is 1.76 bits per heavy atom. The summed E-state index contributed by atoms with van der Waals surface area (Å²) < 4.78 is 35.2. The highest BCUT2D eigenvalue weighted by atomic mass is 32.2. The number of aryl methyl sites for hydroxylation is 1.